The van der Waals surface area contributed by atoms with E-state index >= 15 is 0 Å². The third-order valence-electron chi connectivity index (χ3n) is 13.3. The molecule has 11 rings (SSSR count). The van der Waals surface area contributed by atoms with Crippen molar-refractivity contribution in [3.05, 3.63) is 63.2 Å². The molecule has 7 aliphatic carbocycles. The molecule has 2 N–H and O–H groups in total. The van der Waals surface area contributed by atoms with Crippen molar-refractivity contribution in [1.29, 1.82) is 0 Å². The number of rotatable bonds is 4. The Morgan fingerprint density at radius 3 is 2.46 bits per heavy atom. The van der Waals surface area contributed by atoms with Crippen LogP contribution in [0.25, 0.3) is 11.5 Å². The Labute approximate surface area is 223 Å². The van der Waals surface area contributed by atoms with E-state index < -0.39 is 0 Å². The van der Waals surface area contributed by atoms with E-state index in [1.54, 1.807) is 25.3 Å². The van der Waals surface area contributed by atoms with Crippen molar-refractivity contribution in [2.45, 2.75) is 51.2 Å². The average molecular weight is 525 g/mol. The van der Waals surface area contributed by atoms with Gasteiger partial charge in [0.2, 0.25) is 5.91 Å². The largest absolute Gasteiger partial charge is 0.350 e. The summed E-state index contributed by atoms with van der Waals surface area (Å²) in [5.74, 6) is 4.16. The molecule has 7 unspecified atom stereocenters. The zero-order valence-corrected chi connectivity index (χ0v) is 22.2. The fourth-order valence-electron chi connectivity index (χ4n) is 13.3. The van der Waals surface area contributed by atoms with Crippen LogP contribution in [-0.2, 0) is 16.8 Å². The lowest BCUT2D eigenvalue weighted by Crippen LogP contribution is -2.92. The Morgan fingerprint density at radius 2 is 1.79 bits per heavy atom. The number of carbonyl (C=O) groups excluding carboxylic acids is 1. The van der Waals surface area contributed by atoms with Crippen LogP contribution < -0.4 is 16.3 Å². The van der Waals surface area contributed by atoms with E-state index in [1.165, 1.54) is 0 Å². The first-order valence-corrected chi connectivity index (χ1v) is 14.4. The standard InChI is InChI=1S/C30H29FN6O2/c1-11-9-15(10-12(2)18(11)31)37-23(17-13(3)32-6-5-16(17)34-37)35-7-8-36(26(35)39)30-21-19-27(21)24-28(25(27)30)20(22(28)30)29(19,24)33-14(4)38/h7-10,13,19-22,24-25,32H,5-6H2,1-4H3,(H,33,38). The molecule has 2 aromatic heterocycles. The number of carbonyl (C=O) groups is 1. The van der Waals surface area contributed by atoms with Gasteiger partial charge in [0.1, 0.15) is 11.6 Å². The van der Waals surface area contributed by atoms with Gasteiger partial charge in [0, 0.05) is 43.9 Å². The molecule has 3 aromatic rings. The number of halogens is 1. The Kier molecular flexibility index (Phi) is 2.80. The summed E-state index contributed by atoms with van der Waals surface area (Å²) in [6.07, 6.45) is 4.74. The van der Waals surface area contributed by atoms with Crippen molar-refractivity contribution in [3.8, 4) is 11.5 Å². The minimum atomic E-state index is -0.205. The van der Waals surface area contributed by atoms with E-state index in [0.717, 1.165) is 35.7 Å². The first-order valence-electron chi connectivity index (χ1n) is 14.4. The van der Waals surface area contributed by atoms with Gasteiger partial charge in [-0.2, -0.15) is 5.10 Å². The lowest BCUT2D eigenvalue weighted by atomic mass is 9.19. The topological polar surface area (TPSA) is 85.9 Å². The second-order valence-electron chi connectivity index (χ2n) is 14.0. The van der Waals surface area contributed by atoms with E-state index in [0.29, 0.717) is 57.5 Å². The number of imidazole rings is 1. The van der Waals surface area contributed by atoms with Gasteiger partial charge in [0.05, 0.1) is 22.5 Å². The normalized spacial score (nSPS) is 48.2. The Balaban J connectivity index is 1.07. The maximum Gasteiger partial charge on any atom is 0.334 e. The highest BCUT2D eigenvalue weighted by Gasteiger charge is 3.31. The van der Waals surface area contributed by atoms with Crippen molar-refractivity contribution < 1.29 is 9.18 Å². The second-order valence-corrected chi connectivity index (χ2v) is 14.0. The highest BCUT2D eigenvalue weighted by atomic mass is 19.1. The number of hydrogen-bond donors (Lipinski definition) is 2. The SMILES string of the molecule is CC(=O)NC12C3C4C35C1C13C2C1C4(n1ccn(-c2c4c(nn2-c2cc(C)c(F)c(C)c2)CCNC4C)c1=O)C53. The van der Waals surface area contributed by atoms with Gasteiger partial charge in [0.25, 0.3) is 0 Å². The third-order valence-corrected chi connectivity index (χ3v) is 13.3. The fourth-order valence-corrected chi connectivity index (χ4v) is 13.3. The van der Waals surface area contributed by atoms with Crippen LogP contribution in [0.5, 0.6) is 0 Å². The smallest absolute Gasteiger partial charge is 0.334 e. The molecule has 1 aromatic carbocycles. The summed E-state index contributed by atoms with van der Waals surface area (Å²) >= 11 is 0. The van der Waals surface area contributed by atoms with Gasteiger partial charge in [-0.3, -0.25) is 13.9 Å². The first kappa shape index (κ1) is 20.7. The molecule has 0 bridgehead atoms. The summed E-state index contributed by atoms with van der Waals surface area (Å²) in [6.45, 7) is 8.16. The summed E-state index contributed by atoms with van der Waals surface area (Å²) in [5, 5.41) is 12.0. The molecule has 0 saturated heterocycles. The predicted molar refractivity (Wildman–Crippen MR) is 137 cm³/mol. The molecule has 3 heterocycles. The van der Waals surface area contributed by atoms with Gasteiger partial charge in [-0.15, -0.1) is 0 Å². The van der Waals surface area contributed by atoms with Crippen LogP contribution in [0.2, 0.25) is 0 Å². The van der Waals surface area contributed by atoms with Crippen LogP contribution in [0.4, 0.5) is 4.39 Å². The lowest BCUT2D eigenvalue weighted by Gasteiger charge is -2.86. The summed E-state index contributed by atoms with van der Waals surface area (Å²) in [6, 6.07) is 3.70. The van der Waals surface area contributed by atoms with Crippen LogP contribution >= 0.6 is 0 Å². The Morgan fingerprint density at radius 1 is 1.10 bits per heavy atom. The van der Waals surface area contributed by atoms with E-state index in [9.17, 15) is 14.0 Å². The summed E-state index contributed by atoms with van der Waals surface area (Å²) in [7, 11) is 0. The number of fused-ring (bicyclic) bond motifs is 7. The van der Waals surface area contributed by atoms with E-state index in [1.807, 2.05) is 29.2 Å². The molecule has 1 aliphatic heterocycles. The predicted octanol–water partition coefficient (Wildman–Crippen LogP) is 2.12. The van der Waals surface area contributed by atoms with Crippen molar-refractivity contribution in [2.75, 3.05) is 6.54 Å². The average Bonchev–Trinajstić information content (AvgIpc) is 3.64. The van der Waals surface area contributed by atoms with Gasteiger partial charge in [-0.05, 0) is 90.4 Å². The monoisotopic (exact) mass is 524 g/mol. The third kappa shape index (κ3) is 1.48. The number of aryl methyl sites for hydroxylation is 2. The van der Waals surface area contributed by atoms with E-state index in [2.05, 4.69) is 22.1 Å². The molecule has 8 aliphatic rings. The number of nitrogens with one attached hydrogen (secondary N) is 2. The van der Waals surface area contributed by atoms with Crippen molar-refractivity contribution in [2.24, 2.45) is 46.3 Å². The Bertz CT molecular complexity index is 1810. The van der Waals surface area contributed by atoms with E-state index in [4.69, 9.17) is 5.10 Å². The highest BCUT2D eigenvalue weighted by Crippen LogP contribution is 3.27. The molecule has 7 fully saturated rings. The zero-order valence-electron chi connectivity index (χ0n) is 22.2. The molecule has 9 heteroatoms. The van der Waals surface area contributed by atoms with Crippen LogP contribution in [0.1, 0.15) is 42.3 Å². The molecular weight excluding hydrogens is 495 g/mol. The Hall–Kier alpha value is -3.20. The number of hydrogen-bond acceptors (Lipinski definition) is 4. The van der Waals surface area contributed by atoms with Crippen molar-refractivity contribution >= 4 is 5.91 Å². The molecule has 7 atom stereocenters. The number of nitrogens with zero attached hydrogens (tertiary/aromatic N) is 4. The number of amides is 1. The molecule has 8 nitrogen and oxygen atoms in total. The van der Waals surface area contributed by atoms with Gasteiger partial charge in [-0.25, -0.2) is 13.9 Å². The molecule has 0 radical (unpaired) electrons. The molecule has 39 heavy (non-hydrogen) atoms. The minimum absolute atomic E-state index is 0.00292. The van der Waals surface area contributed by atoms with Gasteiger partial charge < -0.3 is 10.6 Å². The summed E-state index contributed by atoms with van der Waals surface area (Å²) in [5.41, 5.74) is 4.81. The van der Waals surface area contributed by atoms with Gasteiger partial charge in [0.15, 0.2) is 0 Å². The van der Waals surface area contributed by atoms with Gasteiger partial charge in [-0.1, -0.05) is 0 Å². The quantitative estimate of drug-likeness (QED) is 0.548. The van der Waals surface area contributed by atoms with E-state index in [-0.39, 0.29) is 34.5 Å². The number of aromatic nitrogens is 4. The second kappa shape index (κ2) is 5.28. The lowest BCUT2D eigenvalue weighted by molar-refractivity contribution is -0.389. The summed E-state index contributed by atoms with van der Waals surface area (Å²) in [4.78, 5) is 26.5. The van der Waals surface area contributed by atoms with Crippen LogP contribution in [0.15, 0.2) is 29.3 Å². The first-order chi connectivity index (χ1) is 18.7. The molecule has 1 amide bonds. The summed E-state index contributed by atoms with van der Waals surface area (Å²) < 4.78 is 20.3. The molecular formula is C30H29FN6O2. The molecule has 7 saturated carbocycles. The minimum Gasteiger partial charge on any atom is -0.350 e. The zero-order chi connectivity index (χ0) is 26.3. The number of benzene rings is 1. The maximum atomic E-state index is 14.6. The van der Waals surface area contributed by atoms with Crippen LogP contribution in [-0.4, -0.2) is 36.9 Å². The fraction of sp³-hybridized carbons (Fsp3) is 0.567. The molecule has 198 valence electrons. The highest BCUT2D eigenvalue weighted by molar-refractivity contribution is 5.84. The van der Waals surface area contributed by atoms with Crippen molar-refractivity contribution in [3.63, 3.8) is 0 Å². The maximum absolute atomic E-state index is 14.6. The van der Waals surface area contributed by atoms with Crippen LogP contribution in [0.3, 0.4) is 0 Å². The van der Waals surface area contributed by atoms with Crippen LogP contribution in [0, 0.1) is 66.0 Å². The molecule has 2 spiro atoms. The van der Waals surface area contributed by atoms with Gasteiger partial charge >= 0.3 is 5.69 Å². The van der Waals surface area contributed by atoms with Crippen molar-refractivity contribution in [1.82, 2.24) is 29.5 Å².